The molecular formula is C28H33FN3O9P. The molecule has 2 N–H and O–H groups in total. The van der Waals surface area contributed by atoms with Crippen LogP contribution in [0.1, 0.15) is 33.9 Å². The van der Waals surface area contributed by atoms with Crippen molar-refractivity contribution in [3.8, 4) is 17.4 Å². The standard InChI is InChI=1S/C28H33FN3O9P/c1-18(2)38-25(34)19(3)31-42(36,41-21-13-9-6-10-14-21)37-17-22-24(33)28(4,29)26(40-22)32-16-15-23(30-27(32)35)39-20-11-7-5-8-12-20/h5-16,18-19,22,24,26,33H,17H2,1-4H3,(H,31,36)/t19-,22+,24+,26+,28+,42-/m0/s1. The van der Waals surface area contributed by atoms with Crippen molar-refractivity contribution < 1.29 is 42.1 Å². The largest absolute Gasteiger partial charge is 0.462 e. The average molecular weight is 606 g/mol. The second kappa shape index (κ2) is 13.1. The maximum absolute atomic E-state index is 15.8. The van der Waals surface area contributed by atoms with Crippen molar-refractivity contribution in [3.63, 3.8) is 0 Å². The molecule has 0 bridgehead atoms. The SMILES string of the molecule is CC(C)OC(=O)[C@H](C)N[P@](=O)(OC[C@H]1O[C@@H](n2ccc(Oc3ccccc3)nc2=O)[C@](C)(F)[C@@H]1O)Oc1ccccc1. The second-order valence-electron chi connectivity index (χ2n) is 10.0. The fourth-order valence-corrected chi connectivity index (χ4v) is 5.60. The molecule has 226 valence electrons. The molecule has 0 amide bonds. The van der Waals surface area contributed by atoms with E-state index in [0.29, 0.717) is 5.75 Å². The lowest BCUT2D eigenvalue weighted by Crippen LogP contribution is -2.43. The van der Waals surface area contributed by atoms with E-state index in [4.69, 9.17) is 23.3 Å². The first-order valence-electron chi connectivity index (χ1n) is 13.2. The molecule has 1 aliphatic rings. The van der Waals surface area contributed by atoms with Gasteiger partial charge in [0.25, 0.3) is 0 Å². The number of hydrogen-bond acceptors (Lipinski definition) is 10. The van der Waals surface area contributed by atoms with Crippen LogP contribution in [0.2, 0.25) is 0 Å². The maximum atomic E-state index is 15.8. The van der Waals surface area contributed by atoms with Gasteiger partial charge >= 0.3 is 19.4 Å². The van der Waals surface area contributed by atoms with Crippen LogP contribution in [0.15, 0.2) is 77.7 Å². The molecule has 4 rings (SSSR count). The molecule has 0 radical (unpaired) electrons. The number of ether oxygens (including phenoxy) is 3. The molecule has 1 aromatic heterocycles. The van der Waals surface area contributed by atoms with Gasteiger partial charge in [-0.05, 0) is 52.0 Å². The second-order valence-corrected chi connectivity index (χ2v) is 11.7. The van der Waals surface area contributed by atoms with Gasteiger partial charge < -0.3 is 23.8 Å². The van der Waals surface area contributed by atoms with Crippen molar-refractivity contribution in [2.24, 2.45) is 0 Å². The van der Waals surface area contributed by atoms with Crippen LogP contribution in [0.3, 0.4) is 0 Å². The highest BCUT2D eigenvalue weighted by atomic mass is 31.2. The number of carbonyl (C=O) groups is 1. The van der Waals surface area contributed by atoms with E-state index in [1.165, 1.54) is 31.3 Å². The number of rotatable bonds is 12. The Balaban J connectivity index is 1.50. The van der Waals surface area contributed by atoms with Gasteiger partial charge in [0.1, 0.15) is 29.7 Å². The molecular weight excluding hydrogens is 572 g/mol. The van der Waals surface area contributed by atoms with Crippen molar-refractivity contribution in [3.05, 3.63) is 83.4 Å². The molecule has 1 saturated heterocycles. The normalized spacial score (nSPS) is 24.1. The van der Waals surface area contributed by atoms with E-state index < -0.39 is 62.3 Å². The van der Waals surface area contributed by atoms with Crippen molar-refractivity contribution in [2.75, 3.05) is 6.61 Å². The Kier molecular flexibility index (Phi) is 9.80. The van der Waals surface area contributed by atoms with E-state index >= 15 is 4.39 Å². The summed E-state index contributed by atoms with van der Waals surface area (Å²) in [6.45, 7) is 5.17. The number of aliphatic hydroxyl groups excluding tert-OH is 1. The van der Waals surface area contributed by atoms with Gasteiger partial charge in [-0.1, -0.05) is 36.4 Å². The predicted octanol–water partition coefficient (Wildman–Crippen LogP) is 4.16. The summed E-state index contributed by atoms with van der Waals surface area (Å²) in [6.07, 6.45) is -3.98. The van der Waals surface area contributed by atoms with Crippen LogP contribution in [0.4, 0.5) is 4.39 Å². The first-order chi connectivity index (χ1) is 19.9. The Morgan fingerprint density at radius 3 is 2.33 bits per heavy atom. The van der Waals surface area contributed by atoms with Crippen LogP contribution in [0.5, 0.6) is 17.4 Å². The highest BCUT2D eigenvalue weighted by molar-refractivity contribution is 7.52. The zero-order valence-electron chi connectivity index (χ0n) is 23.5. The fraction of sp³-hybridized carbons (Fsp3) is 0.393. The molecule has 0 saturated carbocycles. The van der Waals surface area contributed by atoms with Crippen molar-refractivity contribution in [2.45, 2.75) is 63.9 Å². The van der Waals surface area contributed by atoms with E-state index in [1.54, 1.807) is 62.4 Å². The molecule has 0 spiro atoms. The lowest BCUT2D eigenvalue weighted by atomic mass is 9.98. The van der Waals surface area contributed by atoms with Crippen LogP contribution >= 0.6 is 7.75 Å². The molecule has 14 heteroatoms. The Bertz CT molecular complexity index is 1460. The van der Waals surface area contributed by atoms with Crippen LogP contribution in [-0.4, -0.2) is 57.3 Å². The van der Waals surface area contributed by atoms with Gasteiger partial charge in [0, 0.05) is 12.3 Å². The summed E-state index contributed by atoms with van der Waals surface area (Å²) < 4.78 is 57.9. The zero-order valence-corrected chi connectivity index (χ0v) is 24.3. The molecule has 1 aliphatic heterocycles. The number of aliphatic hydroxyl groups is 1. The highest BCUT2D eigenvalue weighted by Gasteiger charge is 2.56. The number of benzene rings is 2. The first kappa shape index (κ1) is 31.3. The summed E-state index contributed by atoms with van der Waals surface area (Å²) in [6, 6.07) is 16.9. The Morgan fingerprint density at radius 1 is 1.12 bits per heavy atom. The number of alkyl halides is 1. The lowest BCUT2D eigenvalue weighted by Gasteiger charge is -2.25. The molecule has 3 aromatic rings. The predicted molar refractivity (Wildman–Crippen MR) is 149 cm³/mol. The number of aromatic nitrogens is 2. The van der Waals surface area contributed by atoms with E-state index in [2.05, 4.69) is 10.1 Å². The van der Waals surface area contributed by atoms with E-state index in [1.807, 2.05) is 0 Å². The topological polar surface area (TPSA) is 147 Å². The summed E-state index contributed by atoms with van der Waals surface area (Å²) >= 11 is 0. The van der Waals surface area contributed by atoms with Gasteiger partial charge in [0.2, 0.25) is 5.88 Å². The Morgan fingerprint density at radius 2 is 1.74 bits per heavy atom. The van der Waals surface area contributed by atoms with Gasteiger partial charge in [-0.2, -0.15) is 10.1 Å². The quantitative estimate of drug-likeness (QED) is 0.227. The molecule has 42 heavy (non-hydrogen) atoms. The average Bonchev–Trinajstić information content (AvgIpc) is 3.16. The number of nitrogens with zero attached hydrogens (tertiary/aromatic N) is 2. The fourth-order valence-electron chi connectivity index (χ4n) is 4.10. The Hall–Kier alpha value is -3.61. The van der Waals surface area contributed by atoms with Crippen LogP contribution < -0.4 is 20.0 Å². The molecule has 2 heterocycles. The third kappa shape index (κ3) is 7.61. The van der Waals surface area contributed by atoms with Crippen LogP contribution in [0.25, 0.3) is 0 Å². The molecule has 6 atom stereocenters. The summed E-state index contributed by atoms with van der Waals surface area (Å²) in [5.41, 5.74) is -3.36. The number of hydrogen-bond donors (Lipinski definition) is 2. The third-order valence-electron chi connectivity index (χ3n) is 6.17. The minimum atomic E-state index is -4.32. The maximum Gasteiger partial charge on any atom is 0.459 e. The summed E-state index contributed by atoms with van der Waals surface area (Å²) in [5.74, 6) is -0.110. The summed E-state index contributed by atoms with van der Waals surface area (Å²) in [7, 11) is -4.32. The first-order valence-corrected chi connectivity index (χ1v) is 14.7. The molecule has 0 aliphatic carbocycles. The molecule has 1 fully saturated rings. The summed E-state index contributed by atoms with van der Waals surface area (Å²) in [4.78, 5) is 29.0. The minimum absolute atomic E-state index is 0.0170. The highest BCUT2D eigenvalue weighted by Crippen LogP contribution is 2.47. The summed E-state index contributed by atoms with van der Waals surface area (Å²) in [5, 5.41) is 13.3. The lowest BCUT2D eigenvalue weighted by molar-refractivity contribution is -0.149. The van der Waals surface area contributed by atoms with Gasteiger partial charge in [-0.15, -0.1) is 0 Å². The van der Waals surface area contributed by atoms with Gasteiger partial charge in [-0.25, -0.2) is 13.8 Å². The van der Waals surface area contributed by atoms with Crippen molar-refractivity contribution in [1.82, 2.24) is 14.6 Å². The van der Waals surface area contributed by atoms with Crippen molar-refractivity contribution >= 4 is 13.7 Å². The molecule has 12 nitrogen and oxygen atoms in total. The minimum Gasteiger partial charge on any atom is -0.462 e. The monoisotopic (exact) mass is 605 g/mol. The van der Waals surface area contributed by atoms with Crippen molar-refractivity contribution in [1.29, 1.82) is 0 Å². The zero-order chi connectivity index (χ0) is 30.5. The van der Waals surface area contributed by atoms with Gasteiger partial charge in [-0.3, -0.25) is 13.9 Å². The van der Waals surface area contributed by atoms with Gasteiger partial charge in [0.15, 0.2) is 11.9 Å². The number of nitrogens with one attached hydrogen (secondary N) is 1. The number of halogens is 1. The van der Waals surface area contributed by atoms with Crippen LogP contribution in [-0.2, 0) is 23.4 Å². The smallest absolute Gasteiger partial charge is 0.459 e. The van der Waals surface area contributed by atoms with E-state index in [9.17, 15) is 19.3 Å². The number of esters is 1. The van der Waals surface area contributed by atoms with Gasteiger partial charge in [0.05, 0.1) is 12.7 Å². The molecule has 0 unspecified atom stereocenters. The Labute approximate surface area is 241 Å². The molecule has 2 aromatic carbocycles. The third-order valence-corrected chi connectivity index (χ3v) is 7.82. The van der Waals surface area contributed by atoms with E-state index in [-0.39, 0.29) is 11.6 Å². The number of carbonyl (C=O) groups excluding carboxylic acids is 1. The van der Waals surface area contributed by atoms with Crippen LogP contribution in [0, 0.1) is 0 Å². The van der Waals surface area contributed by atoms with E-state index in [0.717, 1.165) is 11.5 Å². The number of para-hydroxylation sites is 2.